The number of nitrogens with two attached hydrogens (primary N) is 1. The third kappa shape index (κ3) is 13.9. The molecule has 3 rings (SSSR count). The lowest BCUT2D eigenvalue weighted by molar-refractivity contribution is -0.168. The molecule has 1 aliphatic carbocycles. The summed E-state index contributed by atoms with van der Waals surface area (Å²) in [4.78, 5) is 35.4. The Morgan fingerprint density at radius 1 is 0.891 bits per heavy atom. The van der Waals surface area contributed by atoms with Gasteiger partial charge in [-0.15, -0.1) is 0 Å². The molecule has 2 aromatic carbocycles. The summed E-state index contributed by atoms with van der Waals surface area (Å²) in [6, 6.07) is 12.5. The maximum absolute atomic E-state index is 11.9. The maximum atomic E-state index is 11.9. The second-order valence-corrected chi connectivity index (χ2v) is 14.7. The van der Waals surface area contributed by atoms with Crippen molar-refractivity contribution < 1.29 is 33.7 Å². The number of phenolic OH excluding ortho intramolecular Hbond substituents is 1. The minimum Gasteiger partial charge on any atom is -0.508 e. The van der Waals surface area contributed by atoms with Crippen LogP contribution >= 0.6 is 22.6 Å². The van der Waals surface area contributed by atoms with E-state index in [2.05, 4.69) is 43.4 Å². The van der Waals surface area contributed by atoms with E-state index < -0.39 is 11.4 Å². The smallest absolute Gasteiger partial charge is 0.340 e. The van der Waals surface area contributed by atoms with Crippen LogP contribution in [0.4, 0.5) is 5.69 Å². The van der Waals surface area contributed by atoms with Crippen molar-refractivity contribution in [2.24, 2.45) is 10.8 Å². The molecule has 1 fully saturated rings. The van der Waals surface area contributed by atoms with Crippen molar-refractivity contribution in [2.75, 3.05) is 18.9 Å². The zero-order valence-corrected chi connectivity index (χ0v) is 31.5. The van der Waals surface area contributed by atoms with Gasteiger partial charge in [-0.2, -0.15) is 0 Å². The third-order valence-electron chi connectivity index (χ3n) is 8.73. The van der Waals surface area contributed by atoms with Gasteiger partial charge in [-0.05, 0) is 144 Å². The van der Waals surface area contributed by atoms with E-state index in [1.807, 2.05) is 53.7 Å². The normalized spacial score (nSPS) is 14.5. The Morgan fingerprint density at radius 3 is 1.93 bits per heavy atom. The molecule has 0 aliphatic heterocycles. The van der Waals surface area contributed by atoms with E-state index in [1.54, 1.807) is 30.3 Å². The first-order valence-corrected chi connectivity index (χ1v) is 17.4. The SMILES string of the molecule is CCC(C)(C)C(=O)OC1(C)CCCC1.CCC(C)(C)C(=O)OCCOC(=O)c1cc(I)ccc1N.CCC(C)c1ccc(O)cc1. The van der Waals surface area contributed by atoms with Gasteiger partial charge in [0.15, 0.2) is 0 Å². The number of aromatic hydroxyl groups is 1. The van der Waals surface area contributed by atoms with Gasteiger partial charge in [-0.1, -0.05) is 39.8 Å². The predicted octanol–water partition coefficient (Wildman–Crippen LogP) is 9.21. The molecule has 1 saturated carbocycles. The summed E-state index contributed by atoms with van der Waals surface area (Å²) in [5.74, 6) is 0.0868. The third-order valence-corrected chi connectivity index (χ3v) is 9.40. The van der Waals surface area contributed by atoms with Crippen LogP contribution in [0, 0.1) is 14.4 Å². The number of rotatable bonds is 11. The van der Waals surface area contributed by atoms with Gasteiger partial charge in [0.1, 0.15) is 24.6 Å². The summed E-state index contributed by atoms with van der Waals surface area (Å²) in [7, 11) is 0. The molecule has 0 heterocycles. The summed E-state index contributed by atoms with van der Waals surface area (Å²) in [5, 5.41) is 9.01. The van der Waals surface area contributed by atoms with E-state index in [0.717, 1.165) is 29.3 Å². The second kappa shape index (κ2) is 19.1. The molecule has 0 spiro atoms. The van der Waals surface area contributed by atoms with Gasteiger partial charge >= 0.3 is 17.9 Å². The van der Waals surface area contributed by atoms with Crippen LogP contribution in [0.2, 0.25) is 0 Å². The monoisotopic (exact) mass is 753 g/mol. The van der Waals surface area contributed by atoms with Crippen molar-refractivity contribution in [1.29, 1.82) is 0 Å². The molecule has 1 aliphatic rings. The van der Waals surface area contributed by atoms with Gasteiger partial charge < -0.3 is 25.1 Å². The fourth-order valence-electron chi connectivity index (χ4n) is 4.16. The summed E-state index contributed by atoms with van der Waals surface area (Å²) in [5.41, 5.74) is 6.68. The van der Waals surface area contributed by atoms with E-state index >= 15 is 0 Å². The molecule has 2 aromatic rings. The number of ether oxygens (including phenoxy) is 3. The first-order valence-electron chi connectivity index (χ1n) is 16.3. The van der Waals surface area contributed by atoms with E-state index in [-0.39, 0.29) is 36.2 Å². The van der Waals surface area contributed by atoms with E-state index in [1.165, 1.54) is 18.4 Å². The van der Waals surface area contributed by atoms with Crippen molar-refractivity contribution in [1.82, 2.24) is 0 Å². The van der Waals surface area contributed by atoms with Crippen molar-refractivity contribution in [3.63, 3.8) is 0 Å². The number of halogens is 1. The van der Waals surface area contributed by atoms with E-state index in [9.17, 15) is 14.4 Å². The number of hydrogen-bond acceptors (Lipinski definition) is 8. The zero-order valence-electron chi connectivity index (χ0n) is 29.3. The van der Waals surface area contributed by atoms with Gasteiger partial charge in [0.25, 0.3) is 0 Å². The second-order valence-electron chi connectivity index (χ2n) is 13.4. The number of carbonyl (C=O) groups is 3. The summed E-state index contributed by atoms with van der Waals surface area (Å²) < 4.78 is 16.7. The molecule has 0 bridgehead atoms. The number of nitrogen functional groups attached to an aromatic ring is 1. The Bertz CT molecular complexity index is 1250. The molecular formula is C37H56INO7. The lowest BCUT2D eigenvalue weighted by Crippen LogP contribution is -2.35. The number of carbonyl (C=O) groups excluding carboxylic acids is 3. The van der Waals surface area contributed by atoms with Crippen LogP contribution in [0.15, 0.2) is 42.5 Å². The summed E-state index contributed by atoms with van der Waals surface area (Å²) >= 11 is 2.09. The molecule has 0 saturated heterocycles. The Kier molecular flexibility index (Phi) is 17.1. The molecule has 46 heavy (non-hydrogen) atoms. The van der Waals surface area contributed by atoms with Gasteiger partial charge in [-0.25, -0.2) is 4.79 Å². The number of esters is 3. The maximum Gasteiger partial charge on any atom is 0.340 e. The molecule has 0 aromatic heterocycles. The quantitative estimate of drug-likeness (QED) is 0.0766. The predicted molar refractivity (Wildman–Crippen MR) is 193 cm³/mol. The van der Waals surface area contributed by atoms with Crippen LogP contribution in [0.1, 0.15) is 129 Å². The minimum absolute atomic E-state index is 0.00921. The van der Waals surface area contributed by atoms with Crippen LogP contribution in [0.5, 0.6) is 5.75 Å². The molecule has 1 unspecified atom stereocenters. The number of benzene rings is 2. The molecule has 9 heteroatoms. The Morgan fingerprint density at radius 2 is 1.41 bits per heavy atom. The average Bonchev–Trinajstić information content (AvgIpc) is 3.46. The van der Waals surface area contributed by atoms with Crippen LogP contribution < -0.4 is 5.73 Å². The Hall–Kier alpha value is -2.82. The zero-order chi connectivity index (χ0) is 35.1. The molecule has 1 atom stereocenters. The largest absolute Gasteiger partial charge is 0.508 e. The standard InChI is InChI=1S/C15H20INO4.C12H22O2.C10H14O/c1-4-15(2,3)14(19)21-8-7-20-13(18)11-9-10(16)5-6-12(11)17;1-5-11(2,3)10(13)14-12(4)8-6-7-9-12;1-3-8(2)9-4-6-10(11)7-5-9/h5-6,9H,4,7-8,17H2,1-3H3;5-9H2,1-4H3;4-8,11H,3H2,1-2H3. The highest BCUT2D eigenvalue weighted by Crippen LogP contribution is 2.35. The van der Waals surface area contributed by atoms with Crippen LogP contribution in [-0.2, 0) is 23.8 Å². The fraction of sp³-hybridized carbons (Fsp3) is 0.595. The highest BCUT2D eigenvalue weighted by molar-refractivity contribution is 14.1. The summed E-state index contributed by atoms with van der Waals surface area (Å²) in [6.07, 6.45) is 7.10. The highest BCUT2D eigenvalue weighted by atomic mass is 127. The van der Waals surface area contributed by atoms with Crippen LogP contribution in [-0.4, -0.2) is 41.8 Å². The molecule has 258 valence electrons. The van der Waals surface area contributed by atoms with Crippen molar-refractivity contribution >= 4 is 46.2 Å². The van der Waals surface area contributed by atoms with Crippen molar-refractivity contribution in [3.05, 3.63) is 57.2 Å². The topological polar surface area (TPSA) is 125 Å². The van der Waals surface area contributed by atoms with Gasteiger partial charge in [0.2, 0.25) is 0 Å². The van der Waals surface area contributed by atoms with E-state index in [0.29, 0.717) is 29.3 Å². The first-order chi connectivity index (χ1) is 21.4. The van der Waals surface area contributed by atoms with Gasteiger partial charge in [-0.3, -0.25) is 9.59 Å². The Labute approximate surface area is 290 Å². The van der Waals surface area contributed by atoms with Gasteiger partial charge in [0, 0.05) is 9.26 Å². The van der Waals surface area contributed by atoms with Crippen molar-refractivity contribution in [3.8, 4) is 5.75 Å². The molecule has 0 amide bonds. The number of phenols is 1. The number of hydrogen-bond donors (Lipinski definition) is 2. The highest BCUT2D eigenvalue weighted by Gasteiger charge is 2.37. The van der Waals surface area contributed by atoms with Crippen molar-refractivity contribution in [2.45, 2.75) is 119 Å². The van der Waals surface area contributed by atoms with Crippen LogP contribution in [0.3, 0.4) is 0 Å². The molecule has 0 radical (unpaired) electrons. The lowest BCUT2D eigenvalue weighted by atomic mass is 9.90. The number of anilines is 1. The molecular weight excluding hydrogens is 697 g/mol. The first kappa shape index (κ1) is 41.2. The Balaban J connectivity index is 0.000000366. The van der Waals surface area contributed by atoms with E-state index in [4.69, 9.17) is 25.1 Å². The lowest BCUT2D eigenvalue weighted by Gasteiger charge is -2.29. The van der Waals surface area contributed by atoms with Gasteiger partial charge in [0.05, 0.1) is 16.4 Å². The average molecular weight is 754 g/mol. The van der Waals surface area contributed by atoms with Crippen LogP contribution in [0.25, 0.3) is 0 Å². The summed E-state index contributed by atoms with van der Waals surface area (Å²) in [6.45, 7) is 17.9. The minimum atomic E-state index is -0.524. The fourth-order valence-corrected chi connectivity index (χ4v) is 4.65. The molecule has 8 nitrogen and oxygen atoms in total. The molecule has 3 N–H and O–H groups in total.